The van der Waals surface area contributed by atoms with Crippen LogP contribution in [0.5, 0.6) is 0 Å². The zero-order chi connectivity index (χ0) is 23.1. The standard InChI is InChI=1S/C25H22N6O2/c1-15(28-24(32)21-16(2)29-30-13-7-12-27-23(21)30)20-14-17-8-6-11-19(26)22(17)25(33)31(20)18-9-4-3-5-10-18/h3-15H,26H2,1-2H3,(H,28,32)/t15-/m0/s1. The van der Waals surface area contributed by atoms with E-state index in [1.807, 2.05) is 55.5 Å². The predicted octanol–water partition coefficient (Wildman–Crippen LogP) is 3.42. The molecule has 164 valence electrons. The number of amides is 1. The molecule has 8 nitrogen and oxygen atoms in total. The molecule has 0 aliphatic carbocycles. The summed E-state index contributed by atoms with van der Waals surface area (Å²) in [5.41, 5.74) is 9.11. The molecule has 1 amide bonds. The minimum atomic E-state index is -0.491. The third-order valence-corrected chi connectivity index (χ3v) is 5.71. The predicted molar refractivity (Wildman–Crippen MR) is 128 cm³/mol. The lowest BCUT2D eigenvalue weighted by Crippen LogP contribution is -2.32. The van der Waals surface area contributed by atoms with Crippen LogP contribution in [-0.4, -0.2) is 25.1 Å². The number of anilines is 1. The highest BCUT2D eigenvalue weighted by molar-refractivity contribution is 6.01. The molecule has 0 saturated carbocycles. The number of nitrogens with one attached hydrogen (secondary N) is 1. The third kappa shape index (κ3) is 3.41. The van der Waals surface area contributed by atoms with Gasteiger partial charge in [0.05, 0.1) is 17.1 Å². The number of aryl methyl sites for hydroxylation is 1. The van der Waals surface area contributed by atoms with Crippen LogP contribution in [0, 0.1) is 6.92 Å². The van der Waals surface area contributed by atoms with E-state index in [9.17, 15) is 9.59 Å². The Morgan fingerprint density at radius 1 is 1.09 bits per heavy atom. The van der Waals surface area contributed by atoms with Gasteiger partial charge in [0, 0.05) is 29.5 Å². The summed E-state index contributed by atoms with van der Waals surface area (Å²) in [6, 6.07) is 17.8. The van der Waals surface area contributed by atoms with E-state index in [2.05, 4.69) is 15.4 Å². The van der Waals surface area contributed by atoms with E-state index in [4.69, 9.17) is 5.73 Å². The first-order chi connectivity index (χ1) is 16.0. The Labute approximate surface area is 189 Å². The molecule has 0 unspecified atom stereocenters. The van der Waals surface area contributed by atoms with Gasteiger partial charge in [-0.2, -0.15) is 5.10 Å². The first kappa shape index (κ1) is 20.4. The van der Waals surface area contributed by atoms with E-state index in [1.54, 1.807) is 40.5 Å². The van der Waals surface area contributed by atoms with Gasteiger partial charge in [0.1, 0.15) is 5.56 Å². The number of para-hydroxylation sites is 1. The molecule has 1 atom stereocenters. The van der Waals surface area contributed by atoms with E-state index >= 15 is 0 Å². The van der Waals surface area contributed by atoms with Crippen LogP contribution in [0.1, 0.15) is 34.7 Å². The lowest BCUT2D eigenvalue weighted by Gasteiger charge is -2.21. The Hall–Kier alpha value is -4.46. The fourth-order valence-electron chi connectivity index (χ4n) is 4.18. The van der Waals surface area contributed by atoms with Crippen LogP contribution >= 0.6 is 0 Å². The summed E-state index contributed by atoms with van der Waals surface area (Å²) in [4.78, 5) is 31.1. The van der Waals surface area contributed by atoms with Crippen molar-refractivity contribution >= 4 is 28.0 Å². The SMILES string of the molecule is Cc1nn2cccnc2c1C(=O)N[C@@H](C)c1cc2cccc(N)c2c(=O)n1-c1ccccc1. The number of carbonyl (C=O) groups is 1. The van der Waals surface area contributed by atoms with Gasteiger partial charge in [-0.05, 0) is 49.6 Å². The number of aromatic nitrogens is 4. The average molecular weight is 438 g/mol. The van der Waals surface area contributed by atoms with Crippen molar-refractivity contribution in [2.75, 3.05) is 5.73 Å². The zero-order valence-electron chi connectivity index (χ0n) is 18.2. The van der Waals surface area contributed by atoms with Gasteiger partial charge in [0.25, 0.3) is 11.5 Å². The summed E-state index contributed by atoms with van der Waals surface area (Å²) >= 11 is 0. The highest BCUT2D eigenvalue weighted by Crippen LogP contribution is 2.25. The molecule has 3 heterocycles. The highest BCUT2D eigenvalue weighted by Gasteiger charge is 2.23. The number of nitrogen functional groups attached to an aromatic ring is 1. The van der Waals surface area contributed by atoms with Crippen molar-refractivity contribution in [3.05, 3.63) is 100 Å². The lowest BCUT2D eigenvalue weighted by molar-refractivity contribution is 0.0939. The van der Waals surface area contributed by atoms with Crippen molar-refractivity contribution in [3.8, 4) is 5.69 Å². The Kier molecular flexibility index (Phi) is 4.90. The molecule has 0 aliphatic rings. The molecule has 0 bridgehead atoms. The molecular formula is C25H22N6O2. The van der Waals surface area contributed by atoms with Crippen LogP contribution < -0.4 is 16.6 Å². The van der Waals surface area contributed by atoms with Crippen LogP contribution in [0.15, 0.2) is 77.9 Å². The molecule has 0 radical (unpaired) electrons. The third-order valence-electron chi connectivity index (χ3n) is 5.71. The van der Waals surface area contributed by atoms with Crippen LogP contribution in [0.2, 0.25) is 0 Å². The van der Waals surface area contributed by atoms with Gasteiger partial charge in [-0.15, -0.1) is 0 Å². The van der Waals surface area contributed by atoms with E-state index in [-0.39, 0.29) is 11.5 Å². The minimum absolute atomic E-state index is 0.235. The average Bonchev–Trinajstić information content (AvgIpc) is 3.15. The van der Waals surface area contributed by atoms with Crippen molar-refractivity contribution in [1.29, 1.82) is 0 Å². The van der Waals surface area contributed by atoms with Crippen molar-refractivity contribution in [2.24, 2.45) is 0 Å². The molecule has 2 aromatic carbocycles. The first-order valence-corrected chi connectivity index (χ1v) is 10.6. The van der Waals surface area contributed by atoms with Gasteiger partial charge in [0.15, 0.2) is 5.65 Å². The maximum atomic E-state index is 13.6. The molecule has 5 rings (SSSR count). The second-order valence-electron chi connectivity index (χ2n) is 7.90. The van der Waals surface area contributed by atoms with Gasteiger partial charge in [-0.1, -0.05) is 30.3 Å². The fourth-order valence-corrected chi connectivity index (χ4v) is 4.18. The summed E-state index contributed by atoms with van der Waals surface area (Å²) in [6.07, 6.45) is 3.37. The number of nitrogens with two attached hydrogens (primary N) is 1. The second kappa shape index (κ2) is 7.90. The topological polar surface area (TPSA) is 107 Å². The van der Waals surface area contributed by atoms with Gasteiger partial charge in [-0.3, -0.25) is 14.2 Å². The highest BCUT2D eigenvalue weighted by atomic mass is 16.2. The normalized spacial score (nSPS) is 12.2. The number of hydrogen-bond acceptors (Lipinski definition) is 5. The Morgan fingerprint density at radius 2 is 1.88 bits per heavy atom. The smallest absolute Gasteiger partial charge is 0.265 e. The number of hydrogen-bond donors (Lipinski definition) is 2. The summed E-state index contributed by atoms with van der Waals surface area (Å²) in [5.74, 6) is -0.312. The molecule has 0 spiro atoms. The van der Waals surface area contributed by atoms with E-state index in [0.717, 1.165) is 5.39 Å². The first-order valence-electron chi connectivity index (χ1n) is 10.6. The van der Waals surface area contributed by atoms with Crippen molar-refractivity contribution in [1.82, 2.24) is 24.5 Å². The second-order valence-corrected chi connectivity index (χ2v) is 7.90. The van der Waals surface area contributed by atoms with Gasteiger partial charge in [0.2, 0.25) is 0 Å². The number of fused-ring (bicyclic) bond motifs is 2. The molecule has 0 fully saturated rings. The van der Waals surface area contributed by atoms with Crippen LogP contribution in [0.4, 0.5) is 5.69 Å². The van der Waals surface area contributed by atoms with E-state index < -0.39 is 6.04 Å². The summed E-state index contributed by atoms with van der Waals surface area (Å²) in [5, 5.41) is 8.56. The monoisotopic (exact) mass is 438 g/mol. The number of pyridine rings is 1. The fraction of sp³-hybridized carbons (Fsp3) is 0.120. The number of rotatable bonds is 4. The summed E-state index contributed by atoms with van der Waals surface area (Å²) < 4.78 is 3.18. The van der Waals surface area contributed by atoms with Crippen molar-refractivity contribution in [3.63, 3.8) is 0 Å². The van der Waals surface area contributed by atoms with Crippen molar-refractivity contribution < 1.29 is 4.79 Å². The molecule has 0 aliphatic heterocycles. The molecule has 3 N–H and O–H groups in total. The van der Waals surface area contributed by atoms with Crippen LogP contribution in [0.3, 0.4) is 0 Å². The van der Waals surface area contributed by atoms with Gasteiger partial charge in [-0.25, -0.2) is 9.50 Å². The number of carbonyl (C=O) groups excluding carboxylic acids is 1. The maximum absolute atomic E-state index is 13.6. The van der Waals surface area contributed by atoms with Crippen LogP contribution in [-0.2, 0) is 0 Å². The number of benzene rings is 2. The summed E-state index contributed by atoms with van der Waals surface area (Å²) in [6.45, 7) is 3.62. The summed E-state index contributed by atoms with van der Waals surface area (Å²) in [7, 11) is 0. The Balaban J connectivity index is 1.64. The lowest BCUT2D eigenvalue weighted by atomic mass is 10.1. The number of nitrogens with zero attached hydrogens (tertiary/aromatic N) is 4. The van der Waals surface area contributed by atoms with Gasteiger partial charge >= 0.3 is 0 Å². The maximum Gasteiger partial charge on any atom is 0.265 e. The van der Waals surface area contributed by atoms with E-state index in [0.29, 0.717) is 39.4 Å². The van der Waals surface area contributed by atoms with Crippen LogP contribution in [0.25, 0.3) is 22.1 Å². The zero-order valence-corrected chi connectivity index (χ0v) is 18.2. The molecule has 33 heavy (non-hydrogen) atoms. The van der Waals surface area contributed by atoms with Gasteiger partial charge < -0.3 is 11.1 Å². The van der Waals surface area contributed by atoms with E-state index in [1.165, 1.54) is 0 Å². The minimum Gasteiger partial charge on any atom is -0.398 e. The molecular weight excluding hydrogens is 416 g/mol. The Morgan fingerprint density at radius 3 is 2.67 bits per heavy atom. The van der Waals surface area contributed by atoms with Crippen molar-refractivity contribution in [2.45, 2.75) is 19.9 Å². The molecule has 8 heteroatoms. The molecule has 3 aromatic heterocycles. The largest absolute Gasteiger partial charge is 0.398 e. The Bertz CT molecular complexity index is 1570. The molecule has 0 saturated heterocycles. The quantitative estimate of drug-likeness (QED) is 0.418. The molecule has 5 aromatic rings.